The standard InChI is InChI=1S/C24H26N4O/c1-16(2)14-28(3)15-17-6-8-18(9-7-17)26-13-20-23-19-5-4-12-25-21(19)10-11-22(23)27-24(20)29/h4-13,16,25H,14-15H2,1-3H3,(H,27,29). The van der Waals surface area contributed by atoms with E-state index in [-0.39, 0.29) is 5.56 Å². The van der Waals surface area contributed by atoms with Crippen molar-refractivity contribution in [1.82, 2.24) is 14.9 Å². The average molecular weight is 386 g/mol. The Bertz CT molecular complexity index is 1220. The van der Waals surface area contributed by atoms with Crippen molar-refractivity contribution in [2.75, 3.05) is 13.6 Å². The quantitative estimate of drug-likeness (QED) is 0.465. The minimum atomic E-state index is -0.118. The number of hydrogen-bond acceptors (Lipinski definition) is 3. The number of H-pyrrole nitrogens is 2. The Morgan fingerprint density at radius 2 is 1.83 bits per heavy atom. The van der Waals surface area contributed by atoms with Crippen LogP contribution in [0.1, 0.15) is 25.0 Å². The topological polar surface area (TPSA) is 64.2 Å². The van der Waals surface area contributed by atoms with E-state index in [2.05, 4.69) is 52.9 Å². The molecule has 0 radical (unpaired) electrons. The molecule has 0 saturated carbocycles. The van der Waals surface area contributed by atoms with Crippen LogP contribution in [0, 0.1) is 5.92 Å². The Hall–Kier alpha value is -3.18. The van der Waals surface area contributed by atoms with Gasteiger partial charge in [-0.2, -0.15) is 0 Å². The van der Waals surface area contributed by atoms with Crippen molar-refractivity contribution in [2.45, 2.75) is 20.4 Å². The fourth-order valence-corrected chi connectivity index (χ4v) is 3.85. The summed E-state index contributed by atoms with van der Waals surface area (Å²) in [7, 11) is 2.14. The van der Waals surface area contributed by atoms with E-state index in [9.17, 15) is 4.79 Å². The van der Waals surface area contributed by atoms with Gasteiger partial charge in [0.2, 0.25) is 0 Å². The molecule has 0 saturated heterocycles. The third kappa shape index (κ3) is 4.15. The van der Waals surface area contributed by atoms with Gasteiger partial charge < -0.3 is 14.9 Å². The number of rotatable bonds is 6. The first-order chi connectivity index (χ1) is 14.0. The summed E-state index contributed by atoms with van der Waals surface area (Å²) >= 11 is 0. The van der Waals surface area contributed by atoms with Gasteiger partial charge in [0.25, 0.3) is 5.56 Å². The molecule has 2 aromatic heterocycles. The second-order valence-corrected chi connectivity index (χ2v) is 8.00. The van der Waals surface area contributed by atoms with E-state index in [4.69, 9.17) is 0 Å². The van der Waals surface area contributed by atoms with Crippen LogP contribution in [0.3, 0.4) is 0 Å². The Morgan fingerprint density at radius 3 is 2.59 bits per heavy atom. The molecule has 0 aliphatic carbocycles. The molecule has 0 spiro atoms. The fourth-order valence-electron chi connectivity index (χ4n) is 3.85. The third-order valence-corrected chi connectivity index (χ3v) is 5.01. The maximum Gasteiger partial charge on any atom is 0.257 e. The number of aliphatic imine (C=N–C) groups is 1. The van der Waals surface area contributed by atoms with Gasteiger partial charge in [0.05, 0.1) is 11.3 Å². The van der Waals surface area contributed by atoms with Crippen molar-refractivity contribution in [1.29, 1.82) is 0 Å². The van der Waals surface area contributed by atoms with Gasteiger partial charge in [0.15, 0.2) is 0 Å². The van der Waals surface area contributed by atoms with Crippen LogP contribution in [-0.4, -0.2) is 34.7 Å². The van der Waals surface area contributed by atoms with Crippen molar-refractivity contribution < 1.29 is 0 Å². The number of benzene rings is 2. The van der Waals surface area contributed by atoms with Crippen LogP contribution in [0.15, 0.2) is 64.5 Å². The number of nitrogens with zero attached hydrogens (tertiary/aromatic N) is 2. The molecule has 148 valence electrons. The van der Waals surface area contributed by atoms with Gasteiger partial charge in [0.1, 0.15) is 0 Å². The zero-order valence-electron chi connectivity index (χ0n) is 17.1. The molecule has 4 aromatic rings. The predicted octanol–water partition coefficient (Wildman–Crippen LogP) is 4.85. The Kier molecular flexibility index (Phi) is 5.32. The van der Waals surface area contributed by atoms with Crippen LogP contribution in [0.5, 0.6) is 0 Å². The van der Waals surface area contributed by atoms with Crippen molar-refractivity contribution in [3.05, 3.63) is 76.2 Å². The molecule has 0 amide bonds. The molecule has 0 atom stereocenters. The minimum Gasteiger partial charge on any atom is -0.361 e. The molecule has 0 bridgehead atoms. The summed E-state index contributed by atoms with van der Waals surface area (Å²) < 4.78 is 0. The molecule has 0 unspecified atom stereocenters. The van der Waals surface area contributed by atoms with Gasteiger partial charge in [-0.25, -0.2) is 0 Å². The monoisotopic (exact) mass is 386 g/mol. The maximum atomic E-state index is 12.5. The summed E-state index contributed by atoms with van der Waals surface area (Å²) in [6, 6.07) is 16.1. The minimum absolute atomic E-state index is 0.118. The second kappa shape index (κ2) is 8.05. The van der Waals surface area contributed by atoms with Crippen LogP contribution in [0.4, 0.5) is 5.69 Å². The van der Waals surface area contributed by atoms with E-state index < -0.39 is 0 Å². The molecule has 5 heteroatoms. The molecule has 0 aliphatic rings. The molecule has 4 rings (SSSR count). The molecule has 2 N–H and O–H groups in total. The average Bonchev–Trinajstić information content (AvgIpc) is 3.02. The first kappa shape index (κ1) is 19.2. The van der Waals surface area contributed by atoms with Crippen LogP contribution in [-0.2, 0) is 6.54 Å². The lowest BCUT2D eigenvalue weighted by Crippen LogP contribution is -2.22. The summed E-state index contributed by atoms with van der Waals surface area (Å²) in [6.07, 6.45) is 3.56. The first-order valence-corrected chi connectivity index (χ1v) is 9.95. The first-order valence-electron chi connectivity index (χ1n) is 9.95. The Balaban J connectivity index is 1.61. The molecule has 2 aromatic carbocycles. The van der Waals surface area contributed by atoms with Crippen molar-refractivity contribution in [3.8, 4) is 0 Å². The molecule has 0 aliphatic heterocycles. The molecule has 5 nitrogen and oxygen atoms in total. The zero-order chi connectivity index (χ0) is 20.4. The van der Waals surface area contributed by atoms with E-state index >= 15 is 0 Å². The largest absolute Gasteiger partial charge is 0.361 e. The highest BCUT2D eigenvalue weighted by Gasteiger charge is 2.11. The fraction of sp³-hybridized carbons (Fsp3) is 0.250. The van der Waals surface area contributed by atoms with Crippen LogP contribution in [0.2, 0.25) is 0 Å². The lowest BCUT2D eigenvalue weighted by molar-refractivity contribution is 0.288. The molecule has 2 heterocycles. The number of hydrogen-bond donors (Lipinski definition) is 2. The normalized spacial score (nSPS) is 12.2. The predicted molar refractivity (Wildman–Crippen MR) is 121 cm³/mol. The summed E-state index contributed by atoms with van der Waals surface area (Å²) in [6.45, 7) is 6.44. The van der Waals surface area contributed by atoms with E-state index in [1.165, 1.54) is 5.56 Å². The van der Waals surface area contributed by atoms with Gasteiger partial charge in [-0.1, -0.05) is 32.0 Å². The summed E-state index contributed by atoms with van der Waals surface area (Å²) in [4.78, 5) is 25.5. The molecular weight excluding hydrogens is 360 g/mol. The van der Waals surface area contributed by atoms with E-state index in [1.807, 2.05) is 42.6 Å². The van der Waals surface area contributed by atoms with Crippen LogP contribution in [0.25, 0.3) is 21.8 Å². The van der Waals surface area contributed by atoms with Crippen LogP contribution < -0.4 is 5.56 Å². The molecule has 29 heavy (non-hydrogen) atoms. The van der Waals surface area contributed by atoms with Crippen LogP contribution >= 0.6 is 0 Å². The van der Waals surface area contributed by atoms with Gasteiger partial charge in [0, 0.05) is 47.3 Å². The van der Waals surface area contributed by atoms with Gasteiger partial charge in [-0.15, -0.1) is 0 Å². The molecular formula is C24H26N4O. The summed E-state index contributed by atoms with van der Waals surface area (Å²) in [5.41, 5.74) is 4.37. The third-order valence-electron chi connectivity index (χ3n) is 5.01. The molecule has 0 fully saturated rings. The lowest BCUT2D eigenvalue weighted by atomic mass is 10.1. The van der Waals surface area contributed by atoms with E-state index in [0.29, 0.717) is 11.5 Å². The highest BCUT2D eigenvalue weighted by molar-refractivity contribution is 6.13. The number of fused-ring (bicyclic) bond motifs is 3. The van der Waals surface area contributed by atoms with E-state index in [0.717, 1.165) is 40.6 Å². The lowest BCUT2D eigenvalue weighted by Gasteiger charge is -2.18. The number of aromatic nitrogens is 2. The van der Waals surface area contributed by atoms with Crippen molar-refractivity contribution in [3.63, 3.8) is 0 Å². The van der Waals surface area contributed by atoms with Gasteiger partial charge in [-0.3, -0.25) is 9.79 Å². The van der Waals surface area contributed by atoms with E-state index in [1.54, 1.807) is 6.21 Å². The summed E-state index contributed by atoms with van der Waals surface area (Å²) in [5.74, 6) is 0.648. The SMILES string of the molecule is CC(C)CN(C)Cc1ccc(N=Cc2c(=O)[nH]c3ccc4[nH]cccc4c23)cc1. The number of nitrogens with one attached hydrogen (secondary N) is 2. The Morgan fingerprint density at radius 1 is 1.07 bits per heavy atom. The van der Waals surface area contributed by atoms with Crippen molar-refractivity contribution in [2.24, 2.45) is 10.9 Å². The Labute approximate surface area is 170 Å². The number of aromatic amines is 2. The second-order valence-electron chi connectivity index (χ2n) is 8.00. The van der Waals surface area contributed by atoms with Gasteiger partial charge >= 0.3 is 0 Å². The highest BCUT2D eigenvalue weighted by Crippen LogP contribution is 2.24. The highest BCUT2D eigenvalue weighted by atomic mass is 16.1. The van der Waals surface area contributed by atoms with Gasteiger partial charge in [-0.05, 0) is 48.9 Å². The number of pyridine rings is 1. The zero-order valence-corrected chi connectivity index (χ0v) is 17.1. The summed E-state index contributed by atoms with van der Waals surface area (Å²) in [5, 5.41) is 1.91. The maximum absolute atomic E-state index is 12.5. The smallest absolute Gasteiger partial charge is 0.257 e. The van der Waals surface area contributed by atoms with Crippen molar-refractivity contribution >= 4 is 33.7 Å².